The normalized spacial score (nSPS) is 12.3. The minimum atomic E-state index is -0.770. The van der Waals surface area contributed by atoms with E-state index in [2.05, 4.69) is 69.4 Å². The standard InChI is InChI=1S/C61H110O6/c1-4-7-10-13-16-19-22-25-27-28-29-30-31-32-33-34-35-37-39-42-45-48-51-54-60(63)66-57-58(56-65-59(62)53-50-47-44-41-38-24-21-18-15-12-9-6-3)67-61(64)55-52-49-46-43-40-36-26-23-20-17-14-11-8-5-2/h7,10,16,19,25,27,29-30,58H,4-6,8-9,11-15,17-18,20-24,26,28,31-57H2,1-3H3/b10-7-,19-16-,27-25-,30-29-. The first-order chi connectivity index (χ1) is 33.0. The molecule has 6 nitrogen and oxygen atoms in total. The zero-order valence-corrected chi connectivity index (χ0v) is 44.7. The molecule has 0 radical (unpaired) electrons. The predicted molar refractivity (Wildman–Crippen MR) is 289 cm³/mol. The van der Waals surface area contributed by atoms with Crippen LogP contribution < -0.4 is 0 Å². The third-order valence-electron chi connectivity index (χ3n) is 12.8. The van der Waals surface area contributed by atoms with Crippen LogP contribution in [0.2, 0.25) is 0 Å². The summed E-state index contributed by atoms with van der Waals surface area (Å²) in [5.74, 6) is -0.857. The van der Waals surface area contributed by atoms with Crippen molar-refractivity contribution in [3.8, 4) is 0 Å². The minimum Gasteiger partial charge on any atom is -0.462 e. The highest BCUT2D eigenvalue weighted by Gasteiger charge is 2.19. The van der Waals surface area contributed by atoms with Crippen molar-refractivity contribution >= 4 is 17.9 Å². The Hall–Kier alpha value is -2.63. The van der Waals surface area contributed by atoms with Crippen molar-refractivity contribution in [1.82, 2.24) is 0 Å². The van der Waals surface area contributed by atoms with Crippen molar-refractivity contribution in [2.75, 3.05) is 13.2 Å². The van der Waals surface area contributed by atoms with Gasteiger partial charge in [-0.1, -0.05) is 275 Å². The van der Waals surface area contributed by atoms with Crippen molar-refractivity contribution in [3.05, 3.63) is 48.6 Å². The van der Waals surface area contributed by atoms with E-state index in [0.29, 0.717) is 19.3 Å². The van der Waals surface area contributed by atoms with Gasteiger partial charge in [0, 0.05) is 19.3 Å². The summed E-state index contributed by atoms with van der Waals surface area (Å²) in [6.45, 7) is 6.56. The third-order valence-corrected chi connectivity index (χ3v) is 12.8. The highest BCUT2D eigenvalue weighted by Crippen LogP contribution is 2.17. The molecule has 0 aliphatic heterocycles. The smallest absolute Gasteiger partial charge is 0.306 e. The van der Waals surface area contributed by atoms with Crippen LogP contribution in [0.25, 0.3) is 0 Å². The largest absolute Gasteiger partial charge is 0.462 e. The van der Waals surface area contributed by atoms with Crippen LogP contribution in [0, 0.1) is 0 Å². The summed E-state index contributed by atoms with van der Waals surface area (Å²) in [5, 5.41) is 0. The van der Waals surface area contributed by atoms with Gasteiger partial charge in [-0.2, -0.15) is 0 Å². The summed E-state index contributed by atoms with van der Waals surface area (Å²) in [6.07, 6.45) is 68.1. The van der Waals surface area contributed by atoms with E-state index < -0.39 is 6.10 Å². The Labute approximate surface area is 416 Å². The number of hydrogen-bond donors (Lipinski definition) is 0. The van der Waals surface area contributed by atoms with Crippen molar-refractivity contribution < 1.29 is 28.6 Å². The molecule has 0 aliphatic carbocycles. The van der Waals surface area contributed by atoms with Gasteiger partial charge < -0.3 is 14.2 Å². The third kappa shape index (κ3) is 54.2. The molecule has 0 saturated carbocycles. The molecule has 0 aromatic rings. The van der Waals surface area contributed by atoms with Gasteiger partial charge in [-0.25, -0.2) is 0 Å². The van der Waals surface area contributed by atoms with Crippen molar-refractivity contribution in [2.24, 2.45) is 0 Å². The van der Waals surface area contributed by atoms with E-state index >= 15 is 0 Å². The number of carbonyl (C=O) groups excluding carboxylic acids is 3. The molecule has 0 amide bonds. The van der Waals surface area contributed by atoms with Gasteiger partial charge in [0.2, 0.25) is 0 Å². The lowest BCUT2D eigenvalue weighted by atomic mass is 10.0. The molecule has 1 atom stereocenters. The van der Waals surface area contributed by atoms with Crippen molar-refractivity contribution in [2.45, 2.75) is 309 Å². The molecule has 0 bridgehead atoms. The number of hydrogen-bond acceptors (Lipinski definition) is 6. The number of ether oxygens (including phenoxy) is 3. The molecule has 0 aromatic carbocycles. The predicted octanol–water partition coefficient (Wildman–Crippen LogP) is 19.4. The Morgan fingerprint density at radius 3 is 0.910 bits per heavy atom. The van der Waals surface area contributed by atoms with E-state index in [0.717, 1.165) is 83.5 Å². The van der Waals surface area contributed by atoms with Crippen molar-refractivity contribution in [1.29, 1.82) is 0 Å². The first-order valence-corrected chi connectivity index (χ1v) is 29.1. The van der Waals surface area contributed by atoms with Crippen LogP contribution in [-0.4, -0.2) is 37.2 Å². The molecule has 6 heteroatoms. The molecular formula is C61H110O6. The lowest BCUT2D eigenvalue weighted by Crippen LogP contribution is -2.30. The van der Waals surface area contributed by atoms with Gasteiger partial charge in [0.1, 0.15) is 13.2 Å². The van der Waals surface area contributed by atoms with E-state index in [1.807, 2.05) is 0 Å². The quantitative estimate of drug-likeness (QED) is 0.0262. The van der Waals surface area contributed by atoms with Crippen LogP contribution in [-0.2, 0) is 28.6 Å². The summed E-state index contributed by atoms with van der Waals surface area (Å²) < 4.78 is 16.9. The second-order valence-corrected chi connectivity index (χ2v) is 19.5. The number of carbonyl (C=O) groups is 3. The fourth-order valence-electron chi connectivity index (χ4n) is 8.49. The summed E-state index contributed by atoms with van der Waals surface area (Å²) in [7, 11) is 0. The molecule has 390 valence electrons. The Bertz CT molecular complexity index is 1170. The number of unbranched alkanes of at least 4 members (excludes halogenated alkanes) is 34. The first-order valence-electron chi connectivity index (χ1n) is 29.1. The van der Waals surface area contributed by atoms with Gasteiger partial charge in [0.15, 0.2) is 6.10 Å². The fourth-order valence-corrected chi connectivity index (χ4v) is 8.49. The zero-order chi connectivity index (χ0) is 48.6. The van der Waals surface area contributed by atoms with E-state index in [4.69, 9.17) is 14.2 Å². The Morgan fingerprint density at radius 1 is 0.313 bits per heavy atom. The van der Waals surface area contributed by atoms with Gasteiger partial charge in [-0.15, -0.1) is 0 Å². The average molecular weight is 940 g/mol. The van der Waals surface area contributed by atoms with Gasteiger partial charge >= 0.3 is 17.9 Å². The minimum absolute atomic E-state index is 0.0693. The molecule has 0 rings (SSSR count). The van der Waals surface area contributed by atoms with Crippen LogP contribution in [0.15, 0.2) is 48.6 Å². The summed E-state index contributed by atoms with van der Waals surface area (Å²) in [5.41, 5.74) is 0. The molecule has 0 aliphatic rings. The number of rotatable bonds is 53. The van der Waals surface area contributed by atoms with Crippen LogP contribution in [0.3, 0.4) is 0 Å². The van der Waals surface area contributed by atoms with Crippen LogP contribution in [0.1, 0.15) is 303 Å². The molecule has 0 N–H and O–H groups in total. The lowest BCUT2D eigenvalue weighted by molar-refractivity contribution is -0.167. The maximum Gasteiger partial charge on any atom is 0.306 e. The fraction of sp³-hybridized carbons (Fsp3) is 0.820. The lowest BCUT2D eigenvalue weighted by Gasteiger charge is -2.18. The molecule has 0 fully saturated rings. The Balaban J connectivity index is 4.27. The topological polar surface area (TPSA) is 78.9 Å². The monoisotopic (exact) mass is 939 g/mol. The zero-order valence-electron chi connectivity index (χ0n) is 44.7. The van der Waals surface area contributed by atoms with Crippen LogP contribution in [0.4, 0.5) is 0 Å². The highest BCUT2D eigenvalue weighted by molar-refractivity contribution is 5.71. The van der Waals surface area contributed by atoms with Crippen molar-refractivity contribution in [3.63, 3.8) is 0 Å². The second-order valence-electron chi connectivity index (χ2n) is 19.5. The molecular weight excluding hydrogens is 829 g/mol. The molecule has 0 saturated heterocycles. The van der Waals surface area contributed by atoms with Gasteiger partial charge in [0.05, 0.1) is 0 Å². The molecule has 1 unspecified atom stereocenters. The Kier molecular flexibility index (Phi) is 53.8. The Morgan fingerprint density at radius 2 is 0.582 bits per heavy atom. The van der Waals surface area contributed by atoms with Crippen LogP contribution in [0.5, 0.6) is 0 Å². The van der Waals surface area contributed by atoms with E-state index in [1.54, 1.807) is 0 Å². The van der Waals surface area contributed by atoms with Crippen LogP contribution >= 0.6 is 0 Å². The molecule has 67 heavy (non-hydrogen) atoms. The van der Waals surface area contributed by atoms with Gasteiger partial charge in [-0.3, -0.25) is 14.4 Å². The maximum atomic E-state index is 12.8. The van der Waals surface area contributed by atoms with E-state index in [-0.39, 0.29) is 31.1 Å². The second kappa shape index (κ2) is 56.0. The van der Waals surface area contributed by atoms with E-state index in [1.165, 1.54) is 180 Å². The summed E-state index contributed by atoms with van der Waals surface area (Å²) in [6, 6.07) is 0. The van der Waals surface area contributed by atoms with Gasteiger partial charge in [-0.05, 0) is 57.8 Å². The maximum absolute atomic E-state index is 12.8. The molecule has 0 aromatic heterocycles. The summed E-state index contributed by atoms with van der Waals surface area (Å²) >= 11 is 0. The SMILES string of the molecule is CC/C=C\C/C=C\C/C=C\C/C=C\CCCCCCCCCCCCC(=O)OCC(COC(=O)CCCCCCCCCCCCCC)OC(=O)CCCCCCCCCCCCCCCC. The number of allylic oxidation sites excluding steroid dienone is 8. The first kappa shape index (κ1) is 64.4. The van der Waals surface area contributed by atoms with Gasteiger partial charge in [0.25, 0.3) is 0 Å². The number of esters is 3. The molecule has 0 spiro atoms. The summed E-state index contributed by atoms with van der Waals surface area (Å²) in [4.78, 5) is 38.1. The average Bonchev–Trinajstić information content (AvgIpc) is 3.33. The van der Waals surface area contributed by atoms with E-state index in [9.17, 15) is 14.4 Å². The molecule has 0 heterocycles. The highest BCUT2D eigenvalue weighted by atomic mass is 16.6.